The lowest BCUT2D eigenvalue weighted by molar-refractivity contribution is 0.577. The third kappa shape index (κ3) is 5.36. The smallest absolute Gasteiger partial charge is 0.147 e. The lowest BCUT2D eigenvalue weighted by atomic mass is 9.86. The van der Waals surface area contributed by atoms with Gasteiger partial charge >= 0.3 is 0 Å². The standard InChI is InChI=1S/C44H38F2N4/c1-43(2,3)29-14-19-39-35(24-29)34-17-18-38(48-41(34)50(39)42-33-12-8-7-11-32(33)40(49-42)44(4,5)6)28-22-26(31-16-15-30(45)25-36(31)46)21-27(23-28)37-13-9-10-20-47-37/h7-25,49H,1-6H3. The van der Waals surface area contributed by atoms with Crippen molar-refractivity contribution in [2.24, 2.45) is 0 Å². The van der Waals surface area contributed by atoms with E-state index in [0.717, 1.165) is 67.4 Å². The third-order valence-corrected chi connectivity index (χ3v) is 9.58. The summed E-state index contributed by atoms with van der Waals surface area (Å²) in [4.78, 5) is 13.8. The van der Waals surface area contributed by atoms with Crippen molar-refractivity contribution >= 4 is 32.7 Å². The largest absolute Gasteiger partial charge is 0.343 e. The van der Waals surface area contributed by atoms with Crippen molar-refractivity contribution in [3.05, 3.63) is 138 Å². The number of pyridine rings is 2. The number of aromatic amines is 1. The second-order valence-electron chi connectivity index (χ2n) is 15.2. The molecule has 1 N–H and O–H groups in total. The molecule has 0 aliphatic carbocycles. The maximum absolute atomic E-state index is 15.2. The van der Waals surface area contributed by atoms with Crippen LogP contribution in [0.4, 0.5) is 8.78 Å². The zero-order chi connectivity index (χ0) is 34.9. The van der Waals surface area contributed by atoms with Crippen LogP contribution in [0, 0.1) is 11.6 Å². The number of hydrogen-bond acceptors (Lipinski definition) is 2. The van der Waals surface area contributed by atoms with Gasteiger partial charge in [-0.15, -0.1) is 0 Å². The molecule has 50 heavy (non-hydrogen) atoms. The lowest BCUT2D eigenvalue weighted by Gasteiger charge is -2.19. The van der Waals surface area contributed by atoms with Crippen LogP contribution in [0.15, 0.2) is 115 Å². The first kappa shape index (κ1) is 31.6. The van der Waals surface area contributed by atoms with Gasteiger partial charge in [-0.25, -0.2) is 13.8 Å². The maximum Gasteiger partial charge on any atom is 0.147 e. The van der Waals surface area contributed by atoms with E-state index in [1.807, 2.05) is 42.5 Å². The Balaban J connectivity index is 1.43. The fourth-order valence-electron chi connectivity index (χ4n) is 7.01. The molecule has 4 heterocycles. The number of fused-ring (bicyclic) bond motifs is 4. The number of halogens is 2. The van der Waals surface area contributed by atoms with Crippen LogP contribution in [0.2, 0.25) is 0 Å². The predicted molar refractivity (Wildman–Crippen MR) is 202 cm³/mol. The van der Waals surface area contributed by atoms with E-state index in [0.29, 0.717) is 11.1 Å². The first-order chi connectivity index (χ1) is 23.9. The molecule has 0 unspecified atom stereocenters. The van der Waals surface area contributed by atoms with Crippen LogP contribution in [0.5, 0.6) is 0 Å². The van der Waals surface area contributed by atoms with Crippen LogP contribution in [-0.4, -0.2) is 19.5 Å². The average Bonchev–Trinajstić information content (AvgIpc) is 3.63. The van der Waals surface area contributed by atoms with Crippen LogP contribution in [-0.2, 0) is 10.8 Å². The molecule has 0 spiro atoms. The zero-order valence-electron chi connectivity index (χ0n) is 29.1. The average molecular weight is 661 g/mol. The van der Waals surface area contributed by atoms with Gasteiger partial charge in [-0.3, -0.25) is 9.55 Å². The fourth-order valence-corrected chi connectivity index (χ4v) is 7.01. The highest BCUT2D eigenvalue weighted by Gasteiger charge is 2.25. The topological polar surface area (TPSA) is 46.5 Å². The Hall–Kier alpha value is -5.62. The van der Waals surface area contributed by atoms with E-state index in [1.165, 1.54) is 23.1 Å². The van der Waals surface area contributed by atoms with Gasteiger partial charge < -0.3 is 4.98 Å². The molecule has 0 atom stereocenters. The molecule has 0 aliphatic rings. The number of nitrogens with one attached hydrogen (secondary N) is 1. The summed E-state index contributed by atoms with van der Waals surface area (Å²) in [5, 5.41) is 4.46. The highest BCUT2D eigenvalue weighted by atomic mass is 19.1. The summed E-state index contributed by atoms with van der Waals surface area (Å²) in [5.41, 5.74) is 8.13. The van der Waals surface area contributed by atoms with Gasteiger partial charge in [0.25, 0.3) is 0 Å². The minimum atomic E-state index is -0.624. The third-order valence-electron chi connectivity index (χ3n) is 9.58. The zero-order valence-corrected chi connectivity index (χ0v) is 29.1. The SMILES string of the molecule is CC(C)(C)c1ccc2c(c1)c1ccc(-c3cc(-c4ccccn4)cc(-c4ccc(F)cc4F)c3)nc1n2-c1[nH]c(C(C)(C)C)c2ccccc12. The number of nitrogens with zero attached hydrogens (tertiary/aromatic N) is 3. The quantitative estimate of drug-likeness (QED) is 0.204. The summed E-state index contributed by atoms with van der Waals surface area (Å²) in [6.45, 7) is 13.4. The summed E-state index contributed by atoms with van der Waals surface area (Å²) in [6, 6.07) is 34.7. The normalized spacial score (nSPS) is 12.4. The van der Waals surface area contributed by atoms with Crippen molar-refractivity contribution < 1.29 is 8.78 Å². The first-order valence-corrected chi connectivity index (χ1v) is 17.0. The molecule has 0 amide bonds. The lowest BCUT2D eigenvalue weighted by Crippen LogP contribution is -2.12. The highest BCUT2D eigenvalue weighted by Crippen LogP contribution is 2.40. The molecule has 0 saturated heterocycles. The Kier molecular flexibility index (Phi) is 7.26. The number of rotatable bonds is 4. The minimum absolute atomic E-state index is 0.0353. The van der Waals surface area contributed by atoms with Gasteiger partial charge in [0.15, 0.2) is 0 Å². The molecule has 6 heteroatoms. The Labute approximate surface area is 290 Å². The predicted octanol–water partition coefficient (Wildman–Crippen LogP) is 11.9. The molecule has 0 aliphatic heterocycles. The van der Waals surface area contributed by atoms with E-state index in [4.69, 9.17) is 4.98 Å². The summed E-state index contributed by atoms with van der Waals surface area (Å²) in [5.74, 6) is -0.274. The number of benzene rings is 4. The fraction of sp³-hybridized carbons (Fsp3) is 0.182. The van der Waals surface area contributed by atoms with Crippen LogP contribution in [0.3, 0.4) is 0 Å². The van der Waals surface area contributed by atoms with Crippen LogP contribution in [0.25, 0.3) is 72.2 Å². The van der Waals surface area contributed by atoms with E-state index in [9.17, 15) is 4.39 Å². The molecular formula is C44H38F2N4. The van der Waals surface area contributed by atoms with Crippen molar-refractivity contribution in [1.82, 2.24) is 19.5 Å². The van der Waals surface area contributed by atoms with Gasteiger partial charge in [-0.2, -0.15) is 0 Å². The Morgan fingerprint density at radius 1 is 0.600 bits per heavy atom. The highest BCUT2D eigenvalue weighted by molar-refractivity contribution is 6.10. The van der Waals surface area contributed by atoms with Crippen molar-refractivity contribution in [3.8, 4) is 39.5 Å². The van der Waals surface area contributed by atoms with Gasteiger partial charge in [0.2, 0.25) is 0 Å². The second kappa shape index (κ2) is 11.5. The monoisotopic (exact) mass is 660 g/mol. The second-order valence-corrected chi connectivity index (χ2v) is 15.2. The van der Waals surface area contributed by atoms with Crippen molar-refractivity contribution in [2.75, 3.05) is 0 Å². The van der Waals surface area contributed by atoms with Crippen LogP contribution in [0.1, 0.15) is 52.8 Å². The van der Waals surface area contributed by atoms with E-state index in [1.54, 1.807) is 6.20 Å². The molecule has 0 saturated carbocycles. The van der Waals surface area contributed by atoms with Gasteiger partial charge in [-0.05, 0) is 83.3 Å². The van der Waals surface area contributed by atoms with E-state index < -0.39 is 11.6 Å². The summed E-state index contributed by atoms with van der Waals surface area (Å²) < 4.78 is 31.4. The molecule has 8 rings (SSSR count). The molecule has 8 aromatic rings. The van der Waals surface area contributed by atoms with Gasteiger partial charge in [-0.1, -0.05) is 77.9 Å². The molecule has 4 nitrogen and oxygen atoms in total. The molecular weight excluding hydrogens is 623 g/mol. The molecule has 4 aromatic carbocycles. The van der Waals surface area contributed by atoms with E-state index in [2.05, 4.69) is 105 Å². The van der Waals surface area contributed by atoms with Gasteiger partial charge in [0, 0.05) is 61.6 Å². The Bertz CT molecular complexity index is 2580. The maximum atomic E-state index is 15.2. The van der Waals surface area contributed by atoms with Gasteiger partial charge in [0.1, 0.15) is 23.1 Å². The van der Waals surface area contributed by atoms with Crippen LogP contribution < -0.4 is 0 Å². The Morgan fingerprint density at radius 3 is 2.02 bits per heavy atom. The first-order valence-electron chi connectivity index (χ1n) is 17.0. The summed E-state index contributed by atoms with van der Waals surface area (Å²) in [7, 11) is 0. The number of H-pyrrole nitrogens is 1. The summed E-state index contributed by atoms with van der Waals surface area (Å²) >= 11 is 0. The number of hydrogen-bond donors (Lipinski definition) is 1. The molecule has 248 valence electrons. The number of aromatic nitrogens is 4. The van der Waals surface area contributed by atoms with E-state index >= 15 is 4.39 Å². The molecule has 0 fully saturated rings. The molecule has 4 aromatic heterocycles. The minimum Gasteiger partial charge on any atom is -0.343 e. The van der Waals surface area contributed by atoms with Gasteiger partial charge in [0.05, 0.1) is 16.9 Å². The van der Waals surface area contributed by atoms with Crippen molar-refractivity contribution in [2.45, 2.75) is 52.4 Å². The van der Waals surface area contributed by atoms with Crippen LogP contribution >= 0.6 is 0 Å². The van der Waals surface area contributed by atoms with Crippen molar-refractivity contribution in [1.29, 1.82) is 0 Å². The van der Waals surface area contributed by atoms with Crippen molar-refractivity contribution in [3.63, 3.8) is 0 Å². The summed E-state index contributed by atoms with van der Waals surface area (Å²) in [6.07, 6.45) is 1.74. The Morgan fingerprint density at radius 2 is 1.32 bits per heavy atom. The van der Waals surface area contributed by atoms with E-state index in [-0.39, 0.29) is 10.8 Å². The molecule has 0 bridgehead atoms. The molecule has 0 radical (unpaired) electrons.